The van der Waals surface area contributed by atoms with Crippen molar-refractivity contribution in [3.63, 3.8) is 0 Å². The van der Waals surface area contributed by atoms with Crippen molar-refractivity contribution >= 4 is 41.1 Å². The number of anilines is 3. The van der Waals surface area contributed by atoms with Gasteiger partial charge in [0.25, 0.3) is 11.8 Å². The van der Waals surface area contributed by atoms with Crippen LogP contribution in [0.15, 0.2) is 30.7 Å². The molecule has 3 heterocycles. The highest BCUT2D eigenvalue weighted by molar-refractivity contribution is 6.05. The van der Waals surface area contributed by atoms with E-state index in [1.165, 1.54) is 38.2 Å². The number of amides is 3. The van der Waals surface area contributed by atoms with Gasteiger partial charge in [-0.2, -0.15) is 0 Å². The molecule has 3 aromatic heterocycles. The normalized spacial score (nSPS) is 11.1. The lowest BCUT2D eigenvalue weighted by atomic mass is 10.2. The Morgan fingerprint density at radius 3 is 1.97 bits per heavy atom. The van der Waals surface area contributed by atoms with Gasteiger partial charge in [0, 0.05) is 39.7 Å². The van der Waals surface area contributed by atoms with Crippen LogP contribution in [0.3, 0.4) is 0 Å². The van der Waals surface area contributed by atoms with Gasteiger partial charge in [-0.3, -0.25) is 14.9 Å². The lowest BCUT2D eigenvalue weighted by Gasteiger charge is -2.19. The zero-order chi connectivity index (χ0) is 26.1. The average molecular weight is 486 g/mol. The van der Waals surface area contributed by atoms with E-state index in [0.717, 1.165) is 0 Å². The Hall–Kier alpha value is -4.55. The quantitative estimate of drug-likeness (QED) is 0.417. The maximum atomic E-state index is 12.8. The van der Waals surface area contributed by atoms with E-state index in [-0.39, 0.29) is 28.7 Å². The van der Waals surface area contributed by atoms with Crippen molar-refractivity contribution in [3.8, 4) is 0 Å². The molecule has 0 bridgehead atoms. The van der Waals surface area contributed by atoms with Crippen LogP contribution in [0.25, 0.3) is 0 Å². The second-order valence-corrected chi connectivity index (χ2v) is 8.85. The summed E-state index contributed by atoms with van der Waals surface area (Å²) in [6.07, 6.45) is 3.83. The first-order valence-corrected chi connectivity index (χ1v) is 10.5. The van der Waals surface area contributed by atoms with Crippen molar-refractivity contribution < 1.29 is 29.0 Å². The zero-order valence-electron chi connectivity index (χ0n) is 20.2. The Morgan fingerprint density at radius 2 is 1.40 bits per heavy atom. The molecule has 0 aliphatic rings. The number of aromatic carboxylic acids is 1. The van der Waals surface area contributed by atoms with E-state index in [4.69, 9.17) is 9.84 Å². The molecule has 4 N–H and O–H groups in total. The number of imidazole rings is 1. The Bertz CT molecular complexity index is 1310. The van der Waals surface area contributed by atoms with Crippen molar-refractivity contribution in [2.24, 2.45) is 21.1 Å². The van der Waals surface area contributed by atoms with Crippen LogP contribution in [0.5, 0.6) is 0 Å². The van der Waals surface area contributed by atoms with E-state index in [1.807, 2.05) is 0 Å². The molecule has 186 valence electrons. The van der Waals surface area contributed by atoms with Gasteiger partial charge in [0.05, 0.1) is 11.4 Å². The zero-order valence-corrected chi connectivity index (χ0v) is 20.2. The molecule has 0 unspecified atom stereocenters. The largest absolute Gasteiger partial charge is 0.477 e. The molecule has 0 aliphatic heterocycles. The molecule has 0 atom stereocenters. The van der Waals surface area contributed by atoms with Crippen molar-refractivity contribution in [1.82, 2.24) is 18.7 Å². The molecule has 0 saturated heterocycles. The second-order valence-electron chi connectivity index (χ2n) is 8.85. The van der Waals surface area contributed by atoms with Gasteiger partial charge in [0.15, 0.2) is 5.82 Å². The number of rotatable bonds is 6. The second kappa shape index (κ2) is 9.37. The third-order valence-electron chi connectivity index (χ3n) is 4.69. The number of carboxylic acids is 1. The molecule has 35 heavy (non-hydrogen) atoms. The number of carbonyl (C=O) groups excluding carboxylic acids is 3. The summed E-state index contributed by atoms with van der Waals surface area (Å²) in [6.45, 7) is 5.22. The number of aryl methyl sites for hydroxylation is 3. The molecule has 0 radical (unpaired) electrons. The maximum Gasteiger partial charge on any atom is 0.412 e. The van der Waals surface area contributed by atoms with Crippen LogP contribution in [0.2, 0.25) is 0 Å². The predicted molar refractivity (Wildman–Crippen MR) is 127 cm³/mol. The summed E-state index contributed by atoms with van der Waals surface area (Å²) in [6, 6.07) is 2.80. The molecule has 0 aliphatic carbocycles. The van der Waals surface area contributed by atoms with Crippen molar-refractivity contribution in [1.29, 1.82) is 0 Å². The fourth-order valence-electron chi connectivity index (χ4n) is 3.23. The SMILES string of the molecule is Cn1cc(NC(=O)c2nc(NC(=O)c3cc(NC(=O)OC(C)(C)C)cn3C)cn2C)cc1C(=O)O. The number of aromatic nitrogens is 4. The van der Waals surface area contributed by atoms with E-state index in [1.54, 1.807) is 48.1 Å². The maximum absolute atomic E-state index is 12.8. The third-order valence-corrected chi connectivity index (χ3v) is 4.69. The highest BCUT2D eigenvalue weighted by Gasteiger charge is 2.21. The van der Waals surface area contributed by atoms with Crippen LogP contribution >= 0.6 is 0 Å². The molecule has 13 nitrogen and oxygen atoms in total. The van der Waals surface area contributed by atoms with Crippen molar-refractivity contribution in [2.45, 2.75) is 26.4 Å². The summed E-state index contributed by atoms with van der Waals surface area (Å²) in [5.74, 6) is -2.09. The van der Waals surface area contributed by atoms with Gasteiger partial charge in [-0.15, -0.1) is 0 Å². The average Bonchev–Trinajstić information content (AvgIpc) is 3.36. The monoisotopic (exact) mass is 485 g/mol. The summed E-state index contributed by atoms with van der Waals surface area (Å²) < 4.78 is 9.52. The summed E-state index contributed by atoms with van der Waals surface area (Å²) in [5, 5.41) is 16.9. The molecule has 0 saturated carbocycles. The van der Waals surface area contributed by atoms with E-state index in [0.29, 0.717) is 5.69 Å². The fourth-order valence-corrected chi connectivity index (χ4v) is 3.23. The van der Waals surface area contributed by atoms with Crippen LogP contribution in [0.1, 0.15) is 52.4 Å². The summed E-state index contributed by atoms with van der Waals surface area (Å²) in [7, 11) is 4.76. The molecule has 0 spiro atoms. The first kappa shape index (κ1) is 25.1. The minimum atomic E-state index is -1.12. The molecular formula is C22H27N7O6. The Labute approximate surface area is 200 Å². The van der Waals surface area contributed by atoms with Gasteiger partial charge in [-0.05, 0) is 32.9 Å². The van der Waals surface area contributed by atoms with Gasteiger partial charge in [0.2, 0.25) is 5.82 Å². The highest BCUT2D eigenvalue weighted by atomic mass is 16.6. The van der Waals surface area contributed by atoms with E-state index >= 15 is 0 Å². The Balaban J connectivity index is 1.69. The number of hydrogen-bond donors (Lipinski definition) is 4. The standard InChI is InChI=1S/C22H27N7O6/c1-22(2,3)35-21(34)24-13-7-14(27(4)10-13)18(30)26-16-11-29(6)17(25-16)19(31)23-12-8-15(20(32)33)28(5)9-12/h7-11H,1-6H3,(H,23,31)(H,24,34)(H,26,30)(H,32,33). The van der Waals surface area contributed by atoms with Crippen LogP contribution in [-0.4, -0.2) is 53.3 Å². The predicted octanol–water partition coefficient (Wildman–Crippen LogP) is 2.65. The van der Waals surface area contributed by atoms with Crippen molar-refractivity contribution in [3.05, 3.63) is 47.9 Å². The van der Waals surface area contributed by atoms with Gasteiger partial charge in [-0.25, -0.2) is 14.6 Å². The van der Waals surface area contributed by atoms with Crippen LogP contribution in [0.4, 0.5) is 22.0 Å². The van der Waals surface area contributed by atoms with Crippen LogP contribution in [-0.2, 0) is 25.9 Å². The lowest BCUT2D eigenvalue weighted by Crippen LogP contribution is -2.27. The minimum Gasteiger partial charge on any atom is -0.477 e. The first-order chi connectivity index (χ1) is 16.2. The van der Waals surface area contributed by atoms with E-state index in [2.05, 4.69) is 20.9 Å². The third kappa shape index (κ3) is 6.07. The molecule has 0 aromatic carbocycles. The topological polar surface area (TPSA) is 162 Å². The number of hydrogen-bond acceptors (Lipinski definition) is 6. The Kier molecular flexibility index (Phi) is 6.71. The summed E-state index contributed by atoms with van der Waals surface area (Å²) in [4.78, 5) is 52.7. The summed E-state index contributed by atoms with van der Waals surface area (Å²) >= 11 is 0. The van der Waals surface area contributed by atoms with E-state index in [9.17, 15) is 19.2 Å². The lowest BCUT2D eigenvalue weighted by molar-refractivity contribution is 0.0633. The molecule has 0 fully saturated rings. The van der Waals surface area contributed by atoms with Crippen LogP contribution < -0.4 is 16.0 Å². The minimum absolute atomic E-state index is 0.000176. The smallest absolute Gasteiger partial charge is 0.412 e. The number of nitrogens with zero attached hydrogens (tertiary/aromatic N) is 4. The van der Waals surface area contributed by atoms with Crippen molar-refractivity contribution in [2.75, 3.05) is 16.0 Å². The first-order valence-electron chi connectivity index (χ1n) is 10.5. The van der Waals surface area contributed by atoms with Crippen LogP contribution in [0, 0.1) is 0 Å². The van der Waals surface area contributed by atoms with Gasteiger partial charge < -0.3 is 34.2 Å². The van der Waals surface area contributed by atoms with Gasteiger partial charge >= 0.3 is 12.1 Å². The summed E-state index contributed by atoms with van der Waals surface area (Å²) in [5.41, 5.74) is 0.240. The Morgan fingerprint density at radius 1 is 0.829 bits per heavy atom. The number of ether oxygens (including phenoxy) is 1. The van der Waals surface area contributed by atoms with E-state index < -0.39 is 29.5 Å². The number of carboxylic acid groups (broad SMARTS) is 1. The number of nitrogens with one attached hydrogen (secondary N) is 3. The molecular weight excluding hydrogens is 458 g/mol. The fraction of sp³-hybridized carbons (Fsp3) is 0.318. The molecule has 3 aromatic rings. The molecule has 3 rings (SSSR count). The number of carbonyl (C=O) groups is 4. The van der Waals surface area contributed by atoms with Gasteiger partial charge in [0.1, 0.15) is 17.0 Å². The highest BCUT2D eigenvalue weighted by Crippen LogP contribution is 2.18. The van der Waals surface area contributed by atoms with Gasteiger partial charge in [-0.1, -0.05) is 0 Å². The molecule has 13 heteroatoms. The molecule has 3 amide bonds.